The van der Waals surface area contributed by atoms with Crippen LogP contribution in [0, 0.1) is 6.92 Å². The number of aliphatic hydroxyl groups excluding tert-OH is 1. The summed E-state index contributed by atoms with van der Waals surface area (Å²) in [5.74, 6) is -0.0142. The Morgan fingerprint density at radius 3 is 2.72 bits per heavy atom. The van der Waals surface area contributed by atoms with Gasteiger partial charge in [0.05, 0.1) is 31.3 Å². The molecule has 0 unspecified atom stereocenters. The average molecular weight is 337 g/mol. The summed E-state index contributed by atoms with van der Waals surface area (Å²) < 4.78 is 29.6. The van der Waals surface area contributed by atoms with Gasteiger partial charge in [0.15, 0.2) is 9.84 Å². The molecule has 1 aromatic carbocycles. The van der Waals surface area contributed by atoms with Gasteiger partial charge in [-0.05, 0) is 24.1 Å². The zero-order chi connectivity index (χ0) is 13.6. The van der Waals surface area contributed by atoms with Crippen LogP contribution < -0.4 is 0 Å². The van der Waals surface area contributed by atoms with E-state index >= 15 is 0 Å². The van der Waals surface area contributed by atoms with E-state index in [9.17, 15) is 8.42 Å². The second-order valence-corrected chi connectivity index (χ2v) is 6.99. The van der Waals surface area contributed by atoms with Gasteiger partial charge in [0, 0.05) is 4.47 Å². The van der Waals surface area contributed by atoms with E-state index in [4.69, 9.17) is 9.84 Å². The van der Waals surface area contributed by atoms with Gasteiger partial charge in [-0.2, -0.15) is 0 Å². The van der Waals surface area contributed by atoms with Crippen molar-refractivity contribution in [2.75, 3.05) is 25.6 Å². The minimum absolute atomic E-state index is 0.0146. The molecule has 0 saturated heterocycles. The molecule has 0 bridgehead atoms. The quantitative estimate of drug-likeness (QED) is 0.769. The molecule has 102 valence electrons. The van der Waals surface area contributed by atoms with E-state index in [0.29, 0.717) is 0 Å². The number of hydrogen-bond acceptors (Lipinski definition) is 4. The Morgan fingerprint density at radius 1 is 1.33 bits per heavy atom. The normalized spacial score (nSPS) is 11.7. The van der Waals surface area contributed by atoms with Crippen molar-refractivity contribution < 1.29 is 18.3 Å². The number of sulfone groups is 1. The van der Waals surface area contributed by atoms with Crippen LogP contribution in [0.15, 0.2) is 22.7 Å². The van der Waals surface area contributed by atoms with E-state index in [1.807, 2.05) is 25.1 Å². The molecule has 6 heteroatoms. The van der Waals surface area contributed by atoms with Crippen molar-refractivity contribution in [1.29, 1.82) is 0 Å². The molecule has 0 aliphatic heterocycles. The van der Waals surface area contributed by atoms with Gasteiger partial charge in [-0.15, -0.1) is 0 Å². The van der Waals surface area contributed by atoms with Crippen molar-refractivity contribution in [3.63, 3.8) is 0 Å². The van der Waals surface area contributed by atoms with E-state index in [-0.39, 0.29) is 31.3 Å². The second-order valence-electron chi connectivity index (χ2n) is 3.95. The van der Waals surface area contributed by atoms with Crippen LogP contribution in [0.25, 0.3) is 0 Å². The van der Waals surface area contributed by atoms with Crippen molar-refractivity contribution in [2.45, 2.75) is 12.7 Å². The van der Waals surface area contributed by atoms with Crippen LogP contribution in [-0.4, -0.2) is 39.1 Å². The molecule has 0 fully saturated rings. The number of halogens is 1. The third-order valence-electron chi connectivity index (χ3n) is 2.53. The zero-order valence-electron chi connectivity index (χ0n) is 10.2. The minimum atomic E-state index is -3.18. The van der Waals surface area contributed by atoms with Gasteiger partial charge in [0.2, 0.25) is 0 Å². The third kappa shape index (κ3) is 5.06. The Bertz CT molecular complexity index is 485. The first-order chi connectivity index (χ1) is 8.46. The van der Waals surface area contributed by atoms with E-state index in [1.54, 1.807) is 0 Å². The van der Waals surface area contributed by atoms with E-state index in [2.05, 4.69) is 15.9 Å². The van der Waals surface area contributed by atoms with Crippen molar-refractivity contribution in [3.05, 3.63) is 33.8 Å². The molecule has 1 rings (SSSR count). The van der Waals surface area contributed by atoms with Gasteiger partial charge in [-0.3, -0.25) is 0 Å². The highest BCUT2D eigenvalue weighted by atomic mass is 79.9. The summed E-state index contributed by atoms with van der Waals surface area (Å²) in [5.41, 5.74) is 1.74. The smallest absolute Gasteiger partial charge is 0.156 e. The molecule has 0 spiro atoms. The van der Waals surface area contributed by atoms with Crippen molar-refractivity contribution in [1.82, 2.24) is 0 Å². The zero-order valence-corrected chi connectivity index (χ0v) is 12.6. The van der Waals surface area contributed by atoms with Gasteiger partial charge < -0.3 is 9.84 Å². The molecule has 0 heterocycles. The van der Waals surface area contributed by atoms with E-state index in [0.717, 1.165) is 15.6 Å². The summed E-state index contributed by atoms with van der Waals surface area (Å²) in [5, 5.41) is 8.52. The number of ether oxygens (including phenoxy) is 1. The molecule has 1 aromatic rings. The summed E-state index contributed by atoms with van der Waals surface area (Å²) in [6.07, 6.45) is 0. The highest BCUT2D eigenvalue weighted by Gasteiger charge is 2.14. The molecule has 0 atom stereocenters. The number of benzene rings is 1. The first-order valence-corrected chi connectivity index (χ1v) is 8.21. The number of aliphatic hydroxyl groups is 1. The topological polar surface area (TPSA) is 63.6 Å². The highest BCUT2D eigenvalue weighted by molar-refractivity contribution is 9.10. The predicted molar refractivity (Wildman–Crippen MR) is 74.3 cm³/mol. The second kappa shape index (κ2) is 7.23. The van der Waals surface area contributed by atoms with Gasteiger partial charge >= 0.3 is 0 Å². The maximum Gasteiger partial charge on any atom is 0.156 e. The third-order valence-corrected chi connectivity index (χ3v) is 4.93. The van der Waals surface area contributed by atoms with Crippen molar-refractivity contribution in [2.24, 2.45) is 0 Å². The Morgan fingerprint density at radius 2 is 2.06 bits per heavy atom. The lowest BCUT2D eigenvalue weighted by molar-refractivity contribution is 0.103. The average Bonchev–Trinajstić information content (AvgIpc) is 2.31. The minimum Gasteiger partial charge on any atom is -0.394 e. The van der Waals surface area contributed by atoms with Gasteiger partial charge in [0.1, 0.15) is 0 Å². The molecule has 0 aliphatic rings. The van der Waals surface area contributed by atoms with Gasteiger partial charge in [-0.1, -0.05) is 28.1 Å². The molecular formula is C12H17BrO4S. The molecular weight excluding hydrogens is 320 g/mol. The van der Waals surface area contributed by atoms with Crippen LogP contribution in [-0.2, 0) is 20.3 Å². The summed E-state index contributed by atoms with van der Waals surface area (Å²) in [6, 6.07) is 5.52. The fraction of sp³-hybridized carbons (Fsp3) is 0.500. The Balaban J connectivity index is 2.62. The standard InChI is InChI=1S/C12H17BrO4S/c1-10-11(3-2-4-12(10)13)9-18(15,16)8-7-17-6-5-14/h2-4,14H,5-9H2,1H3. The largest absolute Gasteiger partial charge is 0.394 e. The van der Waals surface area contributed by atoms with Crippen LogP contribution in [0.4, 0.5) is 0 Å². The van der Waals surface area contributed by atoms with E-state index in [1.165, 1.54) is 0 Å². The maximum absolute atomic E-state index is 11.9. The summed E-state index contributed by atoms with van der Waals surface area (Å²) in [4.78, 5) is 0. The number of hydrogen-bond donors (Lipinski definition) is 1. The van der Waals surface area contributed by atoms with Crippen LogP contribution in [0.5, 0.6) is 0 Å². The molecule has 0 aromatic heterocycles. The fourth-order valence-electron chi connectivity index (χ4n) is 1.47. The van der Waals surface area contributed by atoms with Crippen LogP contribution in [0.2, 0.25) is 0 Å². The molecule has 0 radical (unpaired) electrons. The Labute approximate surface area is 116 Å². The lowest BCUT2D eigenvalue weighted by Gasteiger charge is -2.09. The Kier molecular flexibility index (Phi) is 6.28. The monoisotopic (exact) mass is 336 g/mol. The van der Waals surface area contributed by atoms with Crippen LogP contribution in [0.1, 0.15) is 11.1 Å². The van der Waals surface area contributed by atoms with Gasteiger partial charge in [0.25, 0.3) is 0 Å². The molecule has 0 aliphatic carbocycles. The molecule has 0 amide bonds. The van der Waals surface area contributed by atoms with Gasteiger partial charge in [-0.25, -0.2) is 8.42 Å². The summed E-state index contributed by atoms with van der Waals surface area (Å²) in [6.45, 7) is 2.09. The SMILES string of the molecule is Cc1c(Br)cccc1CS(=O)(=O)CCOCCO. The van der Waals surface area contributed by atoms with E-state index < -0.39 is 9.84 Å². The molecule has 18 heavy (non-hydrogen) atoms. The molecule has 4 nitrogen and oxygen atoms in total. The summed E-state index contributed by atoms with van der Waals surface area (Å²) in [7, 11) is -3.18. The highest BCUT2D eigenvalue weighted by Crippen LogP contribution is 2.21. The first-order valence-electron chi connectivity index (χ1n) is 5.59. The van der Waals surface area contributed by atoms with Crippen molar-refractivity contribution >= 4 is 25.8 Å². The van der Waals surface area contributed by atoms with Crippen molar-refractivity contribution in [3.8, 4) is 0 Å². The fourth-order valence-corrected chi connectivity index (χ4v) is 3.18. The predicted octanol–water partition coefficient (Wildman–Crippen LogP) is 1.68. The Hall–Kier alpha value is -0.430. The summed E-state index contributed by atoms with van der Waals surface area (Å²) >= 11 is 3.38. The molecule has 0 saturated carbocycles. The lowest BCUT2D eigenvalue weighted by Crippen LogP contribution is -2.16. The molecule has 1 N–H and O–H groups in total. The number of rotatable bonds is 7. The maximum atomic E-state index is 11.9. The van der Waals surface area contributed by atoms with Crippen LogP contribution >= 0.6 is 15.9 Å². The lowest BCUT2D eigenvalue weighted by atomic mass is 10.1. The van der Waals surface area contributed by atoms with Crippen LogP contribution in [0.3, 0.4) is 0 Å². The first kappa shape index (κ1) is 15.6.